The highest BCUT2D eigenvalue weighted by Crippen LogP contribution is 2.14. The zero-order chi connectivity index (χ0) is 12.5. The van der Waals surface area contributed by atoms with E-state index in [0.29, 0.717) is 16.6 Å². The molecule has 0 amide bonds. The van der Waals surface area contributed by atoms with Crippen molar-refractivity contribution in [2.45, 2.75) is 12.8 Å². The summed E-state index contributed by atoms with van der Waals surface area (Å²) in [6.07, 6.45) is 3.62. The second-order valence-corrected chi connectivity index (χ2v) is 5.16. The molecule has 4 nitrogen and oxygen atoms in total. The van der Waals surface area contributed by atoms with Crippen LogP contribution >= 0.6 is 11.6 Å². The molecule has 5 heteroatoms. The van der Waals surface area contributed by atoms with Gasteiger partial charge < -0.3 is 5.32 Å². The summed E-state index contributed by atoms with van der Waals surface area (Å²) in [5, 5.41) is 3.86. The van der Waals surface area contributed by atoms with Gasteiger partial charge in [-0.15, -0.1) is 0 Å². The minimum atomic E-state index is -0.0662. The van der Waals surface area contributed by atoms with E-state index in [2.05, 4.69) is 10.3 Å². The number of fused-ring (bicyclic) bond motifs is 1. The summed E-state index contributed by atoms with van der Waals surface area (Å²) in [5.41, 5.74) is 1.47. The Bertz CT molecular complexity index is 632. The molecule has 0 aliphatic carbocycles. The number of nitrogens with zero attached hydrogens (tertiary/aromatic N) is 2. The van der Waals surface area contributed by atoms with Gasteiger partial charge in [0.1, 0.15) is 5.65 Å². The Morgan fingerprint density at radius 2 is 2.39 bits per heavy atom. The maximum Gasteiger partial charge on any atom is 0.258 e. The molecule has 0 aromatic carbocycles. The van der Waals surface area contributed by atoms with Gasteiger partial charge in [0.25, 0.3) is 5.56 Å². The molecule has 1 saturated heterocycles. The number of nitrogens with one attached hydrogen (secondary N) is 1. The van der Waals surface area contributed by atoms with Crippen LogP contribution in [-0.4, -0.2) is 22.5 Å². The van der Waals surface area contributed by atoms with Crippen LogP contribution in [0.25, 0.3) is 5.65 Å². The van der Waals surface area contributed by atoms with E-state index in [0.717, 1.165) is 31.6 Å². The number of rotatable bonds is 2. The fourth-order valence-corrected chi connectivity index (χ4v) is 2.58. The van der Waals surface area contributed by atoms with Gasteiger partial charge >= 0.3 is 0 Å². The molecule has 1 N–H and O–H groups in total. The van der Waals surface area contributed by atoms with Crippen LogP contribution < -0.4 is 10.9 Å². The van der Waals surface area contributed by atoms with Crippen molar-refractivity contribution in [2.75, 3.05) is 13.1 Å². The molecule has 1 aliphatic heterocycles. The van der Waals surface area contributed by atoms with Crippen molar-refractivity contribution in [1.29, 1.82) is 0 Å². The van der Waals surface area contributed by atoms with Gasteiger partial charge in [-0.3, -0.25) is 9.20 Å². The van der Waals surface area contributed by atoms with Crippen LogP contribution in [0.1, 0.15) is 12.1 Å². The minimum Gasteiger partial charge on any atom is -0.316 e. The van der Waals surface area contributed by atoms with Crippen molar-refractivity contribution in [2.24, 2.45) is 5.92 Å². The molecule has 0 bridgehead atoms. The first kappa shape index (κ1) is 11.7. The standard InChI is InChI=1S/C13H14ClN3O/c14-10-1-2-12-16-11(5-9-3-4-15-7-9)6-13(18)17(12)8-10/h1-2,6,8-9,15H,3-5,7H2. The predicted octanol–water partition coefficient (Wildman–Crippen LogP) is 1.50. The SMILES string of the molecule is O=c1cc(CC2CCNC2)nc2ccc(Cl)cn12. The molecular formula is C13H14ClN3O. The van der Waals surface area contributed by atoms with Crippen LogP contribution in [0.15, 0.2) is 29.2 Å². The Hall–Kier alpha value is -1.39. The molecule has 0 spiro atoms. The molecule has 2 aromatic rings. The van der Waals surface area contributed by atoms with Gasteiger partial charge in [-0.2, -0.15) is 0 Å². The lowest BCUT2D eigenvalue weighted by atomic mass is 10.0. The highest BCUT2D eigenvalue weighted by Gasteiger charge is 2.16. The Morgan fingerprint density at radius 1 is 1.50 bits per heavy atom. The first-order chi connectivity index (χ1) is 8.72. The summed E-state index contributed by atoms with van der Waals surface area (Å²) < 4.78 is 1.48. The second-order valence-electron chi connectivity index (χ2n) is 4.72. The second kappa shape index (κ2) is 4.71. The fourth-order valence-electron chi connectivity index (χ4n) is 2.42. The average Bonchev–Trinajstić information content (AvgIpc) is 2.83. The Balaban J connectivity index is 1.99. The van der Waals surface area contributed by atoms with Gasteiger partial charge in [0.15, 0.2) is 0 Å². The topological polar surface area (TPSA) is 46.4 Å². The molecule has 0 radical (unpaired) electrons. The van der Waals surface area contributed by atoms with Gasteiger partial charge in [-0.05, 0) is 44.0 Å². The largest absolute Gasteiger partial charge is 0.316 e. The first-order valence-electron chi connectivity index (χ1n) is 6.11. The van der Waals surface area contributed by atoms with Crippen molar-refractivity contribution >= 4 is 17.2 Å². The molecule has 3 rings (SSSR count). The molecule has 1 unspecified atom stereocenters. The highest BCUT2D eigenvalue weighted by molar-refractivity contribution is 6.30. The van der Waals surface area contributed by atoms with Crippen molar-refractivity contribution in [3.63, 3.8) is 0 Å². The average molecular weight is 264 g/mol. The van der Waals surface area contributed by atoms with E-state index in [1.807, 2.05) is 0 Å². The van der Waals surface area contributed by atoms with Crippen LogP contribution in [-0.2, 0) is 6.42 Å². The Kier molecular flexibility index (Phi) is 3.06. The van der Waals surface area contributed by atoms with Crippen molar-refractivity contribution in [1.82, 2.24) is 14.7 Å². The van der Waals surface area contributed by atoms with Crippen molar-refractivity contribution in [3.8, 4) is 0 Å². The lowest BCUT2D eigenvalue weighted by molar-refractivity contribution is 0.571. The number of aromatic nitrogens is 2. The van der Waals surface area contributed by atoms with E-state index in [1.165, 1.54) is 4.40 Å². The van der Waals surface area contributed by atoms with E-state index < -0.39 is 0 Å². The quantitative estimate of drug-likeness (QED) is 0.893. The summed E-state index contributed by atoms with van der Waals surface area (Å²) in [7, 11) is 0. The molecule has 3 heterocycles. The fraction of sp³-hybridized carbons (Fsp3) is 0.385. The molecule has 0 saturated carbocycles. The zero-order valence-corrected chi connectivity index (χ0v) is 10.7. The van der Waals surface area contributed by atoms with Crippen LogP contribution in [0.3, 0.4) is 0 Å². The third-order valence-corrected chi connectivity index (χ3v) is 3.56. The zero-order valence-electron chi connectivity index (χ0n) is 9.90. The highest BCUT2D eigenvalue weighted by atomic mass is 35.5. The third-order valence-electron chi connectivity index (χ3n) is 3.34. The Morgan fingerprint density at radius 3 is 3.17 bits per heavy atom. The number of hydrogen-bond donors (Lipinski definition) is 1. The number of pyridine rings is 1. The van der Waals surface area contributed by atoms with Gasteiger partial charge in [0.2, 0.25) is 0 Å². The molecule has 1 aliphatic rings. The lowest BCUT2D eigenvalue weighted by Gasteiger charge is -2.08. The molecule has 18 heavy (non-hydrogen) atoms. The van der Waals surface area contributed by atoms with Crippen molar-refractivity contribution < 1.29 is 0 Å². The van der Waals surface area contributed by atoms with Crippen molar-refractivity contribution in [3.05, 3.63) is 45.5 Å². The molecule has 1 fully saturated rings. The Labute approximate surface area is 110 Å². The molecule has 2 aromatic heterocycles. The summed E-state index contributed by atoms with van der Waals surface area (Å²) in [6.45, 7) is 2.08. The van der Waals surface area contributed by atoms with Gasteiger partial charge in [0.05, 0.1) is 5.02 Å². The maximum atomic E-state index is 12.0. The minimum absolute atomic E-state index is 0.0662. The summed E-state index contributed by atoms with van der Waals surface area (Å²) in [6, 6.07) is 5.14. The normalized spacial score (nSPS) is 19.5. The van der Waals surface area contributed by atoms with Crippen LogP contribution in [0.2, 0.25) is 5.02 Å². The van der Waals surface area contributed by atoms with Crippen LogP contribution in [0, 0.1) is 5.92 Å². The molecule has 1 atom stereocenters. The van der Waals surface area contributed by atoms with Crippen LogP contribution in [0.4, 0.5) is 0 Å². The monoisotopic (exact) mass is 263 g/mol. The smallest absolute Gasteiger partial charge is 0.258 e. The van der Waals surface area contributed by atoms with E-state index in [-0.39, 0.29) is 5.56 Å². The first-order valence-corrected chi connectivity index (χ1v) is 6.49. The van der Waals surface area contributed by atoms with E-state index in [1.54, 1.807) is 24.4 Å². The van der Waals surface area contributed by atoms with Gasteiger partial charge in [0, 0.05) is 18.0 Å². The van der Waals surface area contributed by atoms with E-state index in [4.69, 9.17) is 11.6 Å². The lowest BCUT2D eigenvalue weighted by Crippen LogP contribution is -2.18. The van der Waals surface area contributed by atoms with E-state index >= 15 is 0 Å². The number of halogens is 1. The summed E-state index contributed by atoms with van der Waals surface area (Å²) >= 11 is 5.87. The molecule has 94 valence electrons. The van der Waals surface area contributed by atoms with Gasteiger partial charge in [-0.1, -0.05) is 11.6 Å². The maximum absolute atomic E-state index is 12.0. The predicted molar refractivity (Wildman–Crippen MR) is 71.2 cm³/mol. The van der Waals surface area contributed by atoms with Crippen LogP contribution in [0.5, 0.6) is 0 Å². The summed E-state index contributed by atoms with van der Waals surface area (Å²) in [5.74, 6) is 0.589. The third kappa shape index (κ3) is 2.26. The van der Waals surface area contributed by atoms with E-state index in [9.17, 15) is 4.79 Å². The van der Waals surface area contributed by atoms with Gasteiger partial charge in [-0.25, -0.2) is 4.98 Å². The molecular weight excluding hydrogens is 250 g/mol. The summed E-state index contributed by atoms with van der Waals surface area (Å²) in [4.78, 5) is 16.5. The number of hydrogen-bond acceptors (Lipinski definition) is 3.